The van der Waals surface area contributed by atoms with Gasteiger partial charge in [0.05, 0.1) is 16.6 Å². The first kappa shape index (κ1) is 14.5. The number of pyridine rings is 1. The van der Waals surface area contributed by atoms with Crippen molar-refractivity contribution in [3.63, 3.8) is 0 Å². The molecular formula is C16H14ClFN4. The van der Waals surface area contributed by atoms with E-state index in [0.29, 0.717) is 32.6 Å². The third-order valence-corrected chi connectivity index (χ3v) is 3.55. The van der Waals surface area contributed by atoms with Crippen molar-refractivity contribution in [2.75, 3.05) is 5.73 Å². The molecule has 0 bridgehead atoms. The molecular weight excluding hydrogens is 303 g/mol. The summed E-state index contributed by atoms with van der Waals surface area (Å²) in [7, 11) is 0. The molecule has 0 fully saturated rings. The summed E-state index contributed by atoms with van der Waals surface area (Å²) in [5.74, 6) is -0.0157. The molecule has 0 aliphatic heterocycles. The number of fused-ring (bicyclic) bond motifs is 5. The SMILES string of the molecule is CC.Nc1nc2ccc(Cl)nc2c2cc3c(F)cccc3n12. The maximum absolute atomic E-state index is 13.9. The standard InChI is InChI=1S/C14H8ClFN4.C2H6/c15-12-5-4-9-13(19-12)11-6-7-8(16)2-1-3-10(7)20(11)14(17)18-9;1-2/h1-6H,(H2,17,18);1-2H3. The number of hydrogen-bond donors (Lipinski definition) is 1. The summed E-state index contributed by atoms with van der Waals surface area (Å²) in [6.07, 6.45) is 0. The second-order valence-corrected chi connectivity index (χ2v) is 4.90. The highest BCUT2D eigenvalue weighted by atomic mass is 35.5. The van der Waals surface area contributed by atoms with Crippen LogP contribution in [0.5, 0.6) is 0 Å². The fourth-order valence-corrected chi connectivity index (χ4v) is 2.64. The van der Waals surface area contributed by atoms with E-state index in [2.05, 4.69) is 9.97 Å². The van der Waals surface area contributed by atoms with E-state index in [1.165, 1.54) is 6.07 Å². The number of nitrogens with zero attached hydrogens (tertiary/aromatic N) is 3. The van der Waals surface area contributed by atoms with Gasteiger partial charge in [-0.2, -0.15) is 0 Å². The molecule has 1 aromatic carbocycles. The van der Waals surface area contributed by atoms with Crippen LogP contribution in [0.3, 0.4) is 0 Å². The summed E-state index contributed by atoms with van der Waals surface area (Å²) < 4.78 is 15.6. The first-order valence-electron chi connectivity index (χ1n) is 6.96. The molecule has 4 nitrogen and oxygen atoms in total. The lowest BCUT2D eigenvalue weighted by molar-refractivity contribution is 0.640. The number of halogens is 2. The Kier molecular flexibility index (Phi) is 3.58. The fourth-order valence-electron chi connectivity index (χ4n) is 2.50. The van der Waals surface area contributed by atoms with Crippen LogP contribution in [0.25, 0.3) is 27.5 Å². The van der Waals surface area contributed by atoms with Crippen LogP contribution in [0.1, 0.15) is 13.8 Å². The first-order valence-corrected chi connectivity index (χ1v) is 7.34. The molecule has 112 valence electrons. The maximum atomic E-state index is 13.9. The maximum Gasteiger partial charge on any atom is 0.205 e. The van der Waals surface area contributed by atoms with Crippen molar-refractivity contribution in [2.45, 2.75) is 13.8 Å². The minimum atomic E-state index is -0.305. The summed E-state index contributed by atoms with van der Waals surface area (Å²) in [5, 5.41) is 0.840. The van der Waals surface area contributed by atoms with E-state index in [1.54, 1.807) is 34.7 Å². The normalized spacial score (nSPS) is 10.9. The molecule has 3 aromatic heterocycles. The minimum Gasteiger partial charge on any atom is -0.369 e. The van der Waals surface area contributed by atoms with Crippen LogP contribution in [-0.2, 0) is 0 Å². The molecule has 0 saturated carbocycles. The van der Waals surface area contributed by atoms with Crippen LogP contribution in [0, 0.1) is 5.82 Å². The van der Waals surface area contributed by atoms with Gasteiger partial charge in [0.25, 0.3) is 0 Å². The van der Waals surface area contributed by atoms with Gasteiger partial charge in [-0.15, -0.1) is 0 Å². The molecule has 0 aliphatic carbocycles. The zero-order valence-electron chi connectivity index (χ0n) is 12.1. The van der Waals surface area contributed by atoms with Gasteiger partial charge in [-0.25, -0.2) is 14.4 Å². The van der Waals surface area contributed by atoms with Crippen molar-refractivity contribution in [2.24, 2.45) is 0 Å². The van der Waals surface area contributed by atoms with Gasteiger partial charge in [-0.3, -0.25) is 4.40 Å². The molecule has 4 aromatic rings. The van der Waals surface area contributed by atoms with Crippen molar-refractivity contribution in [1.82, 2.24) is 14.4 Å². The van der Waals surface area contributed by atoms with E-state index in [1.807, 2.05) is 13.8 Å². The summed E-state index contributed by atoms with van der Waals surface area (Å²) in [6, 6.07) is 9.95. The van der Waals surface area contributed by atoms with E-state index in [0.717, 1.165) is 0 Å². The monoisotopic (exact) mass is 316 g/mol. The molecule has 4 rings (SSSR count). The van der Waals surface area contributed by atoms with Crippen LogP contribution in [0.4, 0.5) is 10.3 Å². The smallest absolute Gasteiger partial charge is 0.205 e. The Bertz CT molecular complexity index is 994. The number of rotatable bonds is 0. The molecule has 0 saturated heterocycles. The zero-order chi connectivity index (χ0) is 15.9. The van der Waals surface area contributed by atoms with Gasteiger partial charge in [-0.1, -0.05) is 31.5 Å². The Morgan fingerprint density at radius 1 is 1.09 bits per heavy atom. The minimum absolute atomic E-state index is 0.289. The number of aromatic nitrogens is 3. The average Bonchev–Trinajstić information content (AvgIpc) is 2.92. The second-order valence-electron chi connectivity index (χ2n) is 4.51. The topological polar surface area (TPSA) is 56.2 Å². The van der Waals surface area contributed by atoms with Crippen molar-refractivity contribution < 1.29 is 4.39 Å². The van der Waals surface area contributed by atoms with Gasteiger partial charge in [0.15, 0.2) is 0 Å². The van der Waals surface area contributed by atoms with E-state index >= 15 is 0 Å². The third-order valence-electron chi connectivity index (χ3n) is 3.34. The van der Waals surface area contributed by atoms with Crippen LogP contribution in [0.15, 0.2) is 36.4 Å². The molecule has 22 heavy (non-hydrogen) atoms. The molecule has 2 N–H and O–H groups in total. The number of nitrogen functional groups attached to an aromatic ring is 1. The van der Waals surface area contributed by atoms with Gasteiger partial charge in [0.2, 0.25) is 5.95 Å². The Morgan fingerprint density at radius 2 is 1.86 bits per heavy atom. The average molecular weight is 317 g/mol. The number of benzene rings is 1. The zero-order valence-corrected chi connectivity index (χ0v) is 12.9. The lowest BCUT2D eigenvalue weighted by atomic mass is 10.2. The van der Waals surface area contributed by atoms with Crippen molar-refractivity contribution in [3.05, 3.63) is 47.4 Å². The summed E-state index contributed by atoms with van der Waals surface area (Å²) in [4.78, 5) is 8.57. The predicted molar refractivity (Wildman–Crippen MR) is 88.7 cm³/mol. The molecule has 0 spiro atoms. The van der Waals surface area contributed by atoms with Gasteiger partial charge in [-0.05, 0) is 30.3 Å². The summed E-state index contributed by atoms with van der Waals surface area (Å²) >= 11 is 5.94. The Morgan fingerprint density at radius 3 is 2.64 bits per heavy atom. The van der Waals surface area contributed by atoms with Crippen LogP contribution >= 0.6 is 11.6 Å². The van der Waals surface area contributed by atoms with Crippen molar-refractivity contribution in [3.8, 4) is 0 Å². The van der Waals surface area contributed by atoms with Gasteiger partial charge < -0.3 is 5.73 Å². The largest absolute Gasteiger partial charge is 0.369 e. The third kappa shape index (κ3) is 2.05. The highest BCUT2D eigenvalue weighted by molar-refractivity contribution is 6.30. The van der Waals surface area contributed by atoms with Gasteiger partial charge >= 0.3 is 0 Å². The number of anilines is 1. The van der Waals surface area contributed by atoms with Gasteiger partial charge in [0, 0.05) is 5.39 Å². The Balaban J connectivity index is 0.000000693. The Hall–Kier alpha value is -2.40. The second kappa shape index (κ2) is 5.42. The summed E-state index contributed by atoms with van der Waals surface area (Å²) in [5.41, 5.74) is 8.57. The molecule has 0 aliphatic rings. The molecule has 6 heteroatoms. The van der Waals surface area contributed by atoms with Crippen LogP contribution in [0.2, 0.25) is 5.15 Å². The van der Waals surface area contributed by atoms with E-state index in [4.69, 9.17) is 17.3 Å². The highest BCUT2D eigenvalue weighted by Crippen LogP contribution is 2.29. The van der Waals surface area contributed by atoms with E-state index in [9.17, 15) is 4.39 Å². The van der Waals surface area contributed by atoms with E-state index in [-0.39, 0.29) is 11.8 Å². The molecule has 0 atom stereocenters. The van der Waals surface area contributed by atoms with Crippen molar-refractivity contribution >= 4 is 45.0 Å². The van der Waals surface area contributed by atoms with Gasteiger partial charge in [0.1, 0.15) is 16.5 Å². The lowest BCUT2D eigenvalue weighted by Gasteiger charge is -2.05. The number of nitrogens with two attached hydrogens (primary N) is 1. The molecule has 0 amide bonds. The van der Waals surface area contributed by atoms with E-state index < -0.39 is 0 Å². The fraction of sp³-hybridized carbons (Fsp3) is 0.125. The summed E-state index contributed by atoms with van der Waals surface area (Å²) in [6.45, 7) is 4.00. The molecule has 3 heterocycles. The molecule has 0 radical (unpaired) electrons. The Labute approximate surface area is 131 Å². The quantitative estimate of drug-likeness (QED) is 0.488. The number of hydrogen-bond acceptors (Lipinski definition) is 3. The lowest BCUT2D eigenvalue weighted by Crippen LogP contribution is -2.01. The van der Waals surface area contributed by atoms with Crippen LogP contribution < -0.4 is 5.73 Å². The molecule has 0 unspecified atom stereocenters. The predicted octanol–water partition coefficient (Wildman–Crippen LogP) is 4.44. The first-order chi connectivity index (χ1) is 10.6. The van der Waals surface area contributed by atoms with Crippen molar-refractivity contribution in [1.29, 1.82) is 0 Å². The highest BCUT2D eigenvalue weighted by Gasteiger charge is 2.13. The van der Waals surface area contributed by atoms with Crippen LogP contribution in [-0.4, -0.2) is 14.4 Å².